The van der Waals surface area contributed by atoms with E-state index in [1.54, 1.807) is 6.07 Å². The molecule has 0 bridgehead atoms. The topological polar surface area (TPSA) is 75.3 Å². The minimum absolute atomic E-state index is 0.103. The predicted octanol–water partition coefficient (Wildman–Crippen LogP) is 1.17. The van der Waals surface area contributed by atoms with Crippen molar-refractivity contribution in [3.8, 4) is 0 Å². The molecular weight excluding hydrogens is 272 g/mol. The third-order valence-electron chi connectivity index (χ3n) is 2.82. The van der Waals surface area contributed by atoms with Crippen molar-refractivity contribution in [1.82, 2.24) is 9.97 Å². The second-order valence-corrected chi connectivity index (χ2v) is 4.73. The van der Waals surface area contributed by atoms with Crippen LogP contribution in [0.3, 0.4) is 0 Å². The van der Waals surface area contributed by atoms with Crippen molar-refractivity contribution in [2.75, 3.05) is 23.8 Å². The molecule has 0 aliphatic heterocycles. The van der Waals surface area contributed by atoms with E-state index in [1.165, 1.54) is 6.42 Å². The fourth-order valence-corrected chi connectivity index (χ4v) is 2.20. The number of nitrogens with two attached hydrogens (primary N) is 1. The zero-order valence-corrected chi connectivity index (χ0v) is 10.5. The van der Waals surface area contributed by atoms with Crippen LogP contribution in [0.5, 0.6) is 0 Å². The number of hydrogen-bond acceptors (Lipinski definition) is 5. The van der Waals surface area contributed by atoms with Crippen LogP contribution in [0.4, 0.5) is 11.8 Å². The third-order valence-corrected chi connectivity index (χ3v) is 3.22. The summed E-state index contributed by atoms with van der Waals surface area (Å²) in [6.07, 6.45) is 3.50. The summed E-state index contributed by atoms with van der Waals surface area (Å²) in [7, 11) is 0. The van der Waals surface area contributed by atoms with E-state index in [0.717, 1.165) is 12.8 Å². The van der Waals surface area contributed by atoms with Gasteiger partial charge in [-0.1, -0.05) is 0 Å². The molecule has 5 nitrogen and oxygen atoms in total. The molecule has 1 aromatic heterocycles. The molecule has 2 rings (SSSR count). The molecule has 1 aliphatic rings. The number of aliphatic hydroxyl groups excluding tert-OH is 1. The number of aromatic nitrogens is 2. The Morgan fingerprint density at radius 3 is 2.75 bits per heavy atom. The second-order valence-electron chi connectivity index (χ2n) is 3.92. The normalized spacial score (nSPS) is 15.9. The average molecular weight is 287 g/mol. The van der Waals surface area contributed by atoms with Crippen molar-refractivity contribution in [3.63, 3.8) is 0 Å². The van der Waals surface area contributed by atoms with Gasteiger partial charge in [0.15, 0.2) is 0 Å². The highest BCUT2D eigenvalue weighted by molar-refractivity contribution is 9.10. The minimum atomic E-state index is 0.103. The predicted molar refractivity (Wildman–Crippen MR) is 66.2 cm³/mol. The molecule has 1 fully saturated rings. The summed E-state index contributed by atoms with van der Waals surface area (Å²) in [6.45, 7) is 0.660. The van der Waals surface area contributed by atoms with Gasteiger partial charge in [-0.25, -0.2) is 4.98 Å². The lowest BCUT2D eigenvalue weighted by Crippen LogP contribution is -2.43. The molecule has 0 amide bonds. The number of aliphatic hydroxyl groups is 1. The quantitative estimate of drug-likeness (QED) is 0.813. The first-order chi connectivity index (χ1) is 7.70. The molecule has 0 unspecified atom stereocenters. The highest BCUT2D eigenvalue weighted by Crippen LogP contribution is 2.28. The summed E-state index contributed by atoms with van der Waals surface area (Å²) in [5, 5.41) is 9.06. The van der Waals surface area contributed by atoms with Gasteiger partial charge >= 0.3 is 0 Å². The van der Waals surface area contributed by atoms with Crippen molar-refractivity contribution < 1.29 is 5.11 Å². The lowest BCUT2D eigenvalue weighted by molar-refractivity contribution is 0.282. The number of nitrogen functional groups attached to an aromatic ring is 1. The maximum Gasteiger partial charge on any atom is 0.228 e. The molecule has 1 aromatic rings. The van der Waals surface area contributed by atoms with Crippen LogP contribution >= 0.6 is 15.9 Å². The summed E-state index contributed by atoms with van der Waals surface area (Å²) >= 11 is 3.30. The SMILES string of the molecule is Nc1cc(Br)nc(N(CCO)C2CCC2)n1. The van der Waals surface area contributed by atoms with Crippen LogP contribution in [0.25, 0.3) is 0 Å². The lowest BCUT2D eigenvalue weighted by atomic mass is 9.92. The molecule has 6 heteroatoms. The first-order valence-corrected chi connectivity index (χ1v) is 6.17. The summed E-state index contributed by atoms with van der Waals surface area (Å²) < 4.78 is 0.678. The van der Waals surface area contributed by atoms with Crippen LogP contribution in [0.2, 0.25) is 0 Å². The summed E-state index contributed by atoms with van der Waals surface area (Å²) in [5.41, 5.74) is 5.68. The fraction of sp³-hybridized carbons (Fsp3) is 0.600. The Hall–Kier alpha value is -0.880. The van der Waals surface area contributed by atoms with E-state index >= 15 is 0 Å². The Morgan fingerprint density at radius 1 is 1.50 bits per heavy atom. The van der Waals surface area contributed by atoms with Crippen LogP contribution in [0, 0.1) is 0 Å². The van der Waals surface area contributed by atoms with Gasteiger partial charge in [-0.05, 0) is 35.2 Å². The third kappa shape index (κ3) is 2.44. The molecule has 0 saturated heterocycles. The molecule has 1 saturated carbocycles. The van der Waals surface area contributed by atoms with Crippen LogP contribution in [-0.2, 0) is 0 Å². The van der Waals surface area contributed by atoms with Crippen molar-refractivity contribution in [1.29, 1.82) is 0 Å². The Kier molecular flexibility index (Phi) is 3.60. The summed E-state index contributed by atoms with van der Waals surface area (Å²) in [6, 6.07) is 2.11. The van der Waals surface area contributed by atoms with E-state index in [-0.39, 0.29) is 6.61 Å². The highest BCUT2D eigenvalue weighted by Gasteiger charge is 2.26. The monoisotopic (exact) mass is 286 g/mol. The van der Waals surface area contributed by atoms with Crippen LogP contribution in [0.1, 0.15) is 19.3 Å². The zero-order chi connectivity index (χ0) is 11.5. The van der Waals surface area contributed by atoms with Crippen molar-refractivity contribution in [2.45, 2.75) is 25.3 Å². The average Bonchev–Trinajstić information content (AvgIpc) is 2.12. The Morgan fingerprint density at radius 2 is 2.25 bits per heavy atom. The molecular formula is C10H15BrN4O. The number of hydrogen-bond donors (Lipinski definition) is 2. The van der Waals surface area contributed by atoms with E-state index in [0.29, 0.717) is 29.0 Å². The fourth-order valence-electron chi connectivity index (χ4n) is 1.80. The van der Waals surface area contributed by atoms with Gasteiger partial charge in [0.05, 0.1) is 6.61 Å². The lowest BCUT2D eigenvalue weighted by Gasteiger charge is -2.37. The van der Waals surface area contributed by atoms with E-state index in [2.05, 4.69) is 25.9 Å². The molecule has 88 valence electrons. The van der Waals surface area contributed by atoms with Gasteiger partial charge in [-0.15, -0.1) is 0 Å². The Bertz CT molecular complexity index is 350. The first-order valence-electron chi connectivity index (χ1n) is 5.38. The number of nitrogens with zero attached hydrogens (tertiary/aromatic N) is 3. The molecule has 0 aromatic carbocycles. The van der Waals surface area contributed by atoms with Gasteiger partial charge in [0.1, 0.15) is 10.4 Å². The van der Waals surface area contributed by atoms with Crippen molar-refractivity contribution >= 4 is 27.7 Å². The number of rotatable bonds is 4. The smallest absolute Gasteiger partial charge is 0.228 e. The Balaban J connectivity index is 2.22. The Labute approximate surface area is 103 Å². The van der Waals surface area contributed by atoms with Crippen LogP contribution < -0.4 is 10.6 Å². The number of halogens is 1. The molecule has 1 heterocycles. The van der Waals surface area contributed by atoms with E-state index in [9.17, 15) is 0 Å². The van der Waals surface area contributed by atoms with Gasteiger partial charge in [0.2, 0.25) is 5.95 Å². The van der Waals surface area contributed by atoms with Crippen LogP contribution in [0.15, 0.2) is 10.7 Å². The molecule has 0 atom stereocenters. The van der Waals surface area contributed by atoms with E-state index < -0.39 is 0 Å². The standard InChI is InChI=1S/C10H15BrN4O/c11-8-6-9(12)14-10(13-8)15(4-5-16)7-2-1-3-7/h6-7,16H,1-5H2,(H2,12,13,14). The van der Waals surface area contributed by atoms with Gasteiger partial charge in [0, 0.05) is 18.7 Å². The molecule has 3 N–H and O–H groups in total. The summed E-state index contributed by atoms with van der Waals surface area (Å²) in [4.78, 5) is 10.5. The van der Waals surface area contributed by atoms with Crippen molar-refractivity contribution in [3.05, 3.63) is 10.7 Å². The van der Waals surface area contributed by atoms with Crippen LogP contribution in [-0.4, -0.2) is 34.3 Å². The van der Waals surface area contributed by atoms with Gasteiger partial charge < -0.3 is 15.7 Å². The van der Waals surface area contributed by atoms with E-state index in [1.807, 2.05) is 4.90 Å². The largest absolute Gasteiger partial charge is 0.395 e. The van der Waals surface area contributed by atoms with Gasteiger partial charge in [0.25, 0.3) is 0 Å². The second kappa shape index (κ2) is 4.97. The molecule has 1 aliphatic carbocycles. The maximum absolute atomic E-state index is 9.06. The highest BCUT2D eigenvalue weighted by atomic mass is 79.9. The summed E-state index contributed by atoms with van der Waals surface area (Å²) in [5.74, 6) is 1.05. The number of anilines is 2. The van der Waals surface area contributed by atoms with E-state index in [4.69, 9.17) is 10.8 Å². The minimum Gasteiger partial charge on any atom is -0.395 e. The van der Waals surface area contributed by atoms with Gasteiger partial charge in [-0.2, -0.15) is 4.98 Å². The zero-order valence-electron chi connectivity index (χ0n) is 8.93. The molecule has 16 heavy (non-hydrogen) atoms. The van der Waals surface area contributed by atoms with Gasteiger partial charge in [-0.3, -0.25) is 0 Å². The van der Waals surface area contributed by atoms with Crippen molar-refractivity contribution in [2.24, 2.45) is 0 Å². The first kappa shape index (κ1) is 11.6. The molecule has 0 spiro atoms. The molecule has 0 radical (unpaired) electrons. The maximum atomic E-state index is 9.06.